The van der Waals surface area contributed by atoms with E-state index in [1.54, 1.807) is 4.90 Å². The molecule has 0 radical (unpaired) electrons. The quantitative estimate of drug-likeness (QED) is 0.639. The highest BCUT2D eigenvalue weighted by Crippen LogP contribution is 2.44. The third-order valence-corrected chi connectivity index (χ3v) is 6.23. The number of likely N-dealkylation sites (tertiary alicyclic amines) is 1. The Bertz CT molecular complexity index is 978. The fourth-order valence-electron chi connectivity index (χ4n) is 4.77. The summed E-state index contributed by atoms with van der Waals surface area (Å²) < 4.78 is 10.4. The van der Waals surface area contributed by atoms with Crippen molar-refractivity contribution >= 4 is 18.0 Å². The summed E-state index contributed by atoms with van der Waals surface area (Å²) >= 11 is 0. The lowest BCUT2D eigenvalue weighted by Gasteiger charge is -2.18. The highest BCUT2D eigenvalue weighted by molar-refractivity contribution is 5.79. The first-order valence-electron chi connectivity index (χ1n) is 10.6. The Hall–Kier alpha value is -3.39. The number of nitrogens with zero attached hydrogens (tertiary/aromatic N) is 1. The van der Waals surface area contributed by atoms with Crippen LogP contribution in [0.4, 0.5) is 4.79 Å². The summed E-state index contributed by atoms with van der Waals surface area (Å²) in [5, 5.41) is 11.8. The second-order valence-corrected chi connectivity index (χ2v) is 8.18. The van der Waals surface area contributed by atoms with Crippen LogP contribution in [0, 0.1) is 11.8 Å². The summed E-state index contributed by atoms with van der Waals surface area (Å²) in [4.78, 5) is 37.2. The van der Waals surface area contributed by atoms with Gasteiger partial charge in [0.25, 0.3) is 0 Å². The fraction of sp³-hybridized carbons (Fsp3) is 0.375. The fourth-order valence-corrected chi connectivity index (χ4v) is 4.77. The Balaban J connectivity index is 1.35. The molecule has 2 atom stereocenters. The van der Waals surface area contributed by atoms with Crippen molar-refractivity contribution in [3.8, 4) is 11.1 Å². The Kier molecular flexibility index (Phi) is 6.41. The Morgan fingerprint density at radius 3 is 2.25 bits per heavy atom. The summed E-state index contributed by atoms with van der Waals surface area (Å²) in [6.45, 7) is 0.920. The summed E-state index contributed by atoms with van der Waals surface area (Å²) in [5.74, 6) is -2.14. The van der Waals surface area contributed by atoms with Crippen LogP contribution in [0.15, 0.2) is 48.5 Å². The molecule has 4 rings (SSSR count). The number of carbonyl (C=O) groups excluding carboxylic acids is 2. The van der Waals surface area contributed by atoms with E-state index in [4.69, 9.17) is 14.6 Å². The van der Waals surface area contributed by atoms with Crippen LogP contribution >= 0.6 is 0 Å². The molecule has 0 aromatic heterocycles. The van der Waals surface area contributed by atoms with E-state index in [1.807, 2.05) is 24.3 Å². The molecule has 1 fully saturated rings. The number of amides is 1. The first-order valence-corrected chi connectivity index (χ1v) is 10.6. The number of aliphatic carboxylic acids is 1. The minimum absolute atomic E-state index is 0.0338. The third-order valence-electron chi connectivity index (χ3n) is 6.23. The lowest BCUT2D eigenvalue weighted by Crippen LogP contribution is -2.36. The second-order valence-electron chi connectivity index (χ2n) is 8.18. The minimum atomic E-state index is -0.959. The zero-order valence-electron chi connectivity index (χ0n) is 17.8. The number of benzene rings is 2. The molecule has 2 aromatic carbocycles. The largest absolute Gasteiger partial charge is 0.480 e. The number of hydrogen-bond acceptors (Lipinski definition) is 6. The van der Waals surface area contributed by atoms with Crippen molar-refractivity contribution in [2.24, 2.45) is 11.8 Å². The number of esters is 1. The molecule has 168 valence electrons. The molecule has 2 aromatic rings. The van der Waals surface area contributed by atoms with Crippen LogP contribution in [0.25, 0.3) is 11.1 Å². The zero-order valence-corrected chi connectivity index (χ0v) is 17.8. The number of alkyl carbamates (subject to hydrolysis) is 1. The number of hydrogen-bond donors (Lipinski definition) is 2. The molecule has 2 aliphatic rings. The summed E-state index contributed by atoms with van der Waals surface area (Å²) in [6, 6.07) is 16.2. The van der Waals surface area contributed by atoms with Gasteiger partial charge in [0.2, 0.25) is 0 Å². The van der Waals surface area contributed by atoms with Gasteiger partial charge in [0.1, 0.15) is 6.61 Å². The highest BCUT2D eigenvalue weighted by atomic mass is 16.5. The molecular formula is C24H26N2O6. The van der Waals surface area contributed by atoms with E-state index in [2.05, 4.69) is 29.6 Å². The van der Waals surface area contributed by atoms with Crippen LogP contribution in [0.5, 0.6) is 0 Å². The number of carboxylic acids is 1. The van der Waals surface area contributed by atoms with Crippen molar-refractivity contribution in [3.05, 3.63) is 59.7 Å². The molecule has 0 spiro atoms. The molecule has 8 heteroatoms. The van der Waals surface area contributed by atoms with Crippen molar-refractivity contribution in [1.29, 1.82) is 0 Å². The number of carboxylic acid groups (broad SMARTS) is 1. The first-order chi connectivity index (χ1) is 15.5. The van der Waals surface area contributed by atoms with Crippen LogP contribution < -0.4 is 5.32 Å². The number of carbonyl (C=O) groups is 3. The van der Waals surface area contributed by atoms with Crippen LogP contribution in [0.1, 0.15) is 17.0 Å². The minimum Gasteiger partial charge on any atom is -0.480 e. The highest BCUT2D eigenvalue weighted by Gasteiger charge is 2.39. The number of fused-ring (bicyclic) bond motifs is 3. The van der Waals surface area contributed by atoms with Gasteiger partial charge in [0.15, 0.2) is 0 Å². The normalized spacial score (nSPS) is 19.8. The molecule has 1 amide bonds. The Morgan fingerprint density at radius 1 is 1.03 bits per heavy atom. The van der Waals surface area contributed by atoms with Crippen molar-refractivity contribution in [2.75, 3.05) is 39.9 Å². The number of methoxy groups -OCH3 is 1. The average molecular weight is 438 g/mol. The number of ether oxygens (including phenoxy) is 2. The predicted molar refractivity (Wildman–Crippen MR) is 116 cm³/mol. The lowest BCUT2D eigenvalue weighted by atomic mass is 9.96. The molecule has 0 bridgehead atoms. The summed E-state index contributed by atoms with van der Waals surface area (Å²) in [6.07, 6.45) is -0.563. The standard InChI is InChI=1S/C24H26N2O6/c1-31-23(29)20-12-26(13-22(27)28)11-15(20)10-25-24(30)32-14-21-18-8-4-2-6-16(18)17-7-3-5-9-19(17)21/h2-9,15,20-21H,10-14H2,1H3,(H,25,30)(H,27,28)/t15-,20-/m0/s1. The Morgan fingerprint density at radius 2 is 1.66 bits per heavy atom. The van der Waals surface area contributed by atoms with Crippen molar-refractivity contribution in [2.45, 2.75) is 5.92 Å². The van der Waals surface area contributed by atoms with Gasteiger partial charge in [-0.1, -0.05) is 48.5 Å². The molecule has 0 saturated carbocycles. The van der Waals surface area contributed by atoms with E-state index in [0.717, 1.165) is 22.3 Å². The first kappa shape index (κ1) is 21.8. The molecule has 1 saturated heterocycles. The molecule has 1 aliphatic heterocycles. The van der Waals surface area contributed by atoms with E-state index in [9.17, 15) is 14.4 Å². The molecule has 32 heavy (non-hydrogen) atoms. The monoisotopic (exact) mass is 438 g/mol. The molecule has 1 aliphatic carbocycles. The van der Waals surface area contributed by atoms with Gasteiger partial charge in [-0.25, -0.2) is 4.79 Å². The average Bonchev–Trinajstić information content (AvgIpc) is 3.34. The van der Waals surface area contributed by atoms with E-state index in [1.165, 1.54) is 7.11 Å². The van der Waals surface area contributed by atoms with Crippen molar-refractivity contribution < 1.29 is 29.0 Å². The van der Waals surface area contributed by atoms with Crippen molar-refractivity contribution in [3.63, 3.8) is 0 Å². The molecule has 2 N–H and O–H groups in total. The van der Waals surface area contributed by atoms with Crippen LogP contribution in [0.3, 0.4) is 0 Å². The molecule has 1 heterocycles. The van der Waals surface area contributed by atoms with E-state index in [0.29, 0.717) is 6.54 Å². The maximum Gasteiger partial charge on any atom is 0.407 e. The maximum atomic E-state index is 12.4. The van der Waals surface area contributed by atoms with Gasteiger partial charge in [-0.2, -0.15) is 0 Å². The molecule has 0 unspecified atom stereocenters. The van der Waals surface area contributed by atoms with Gasteiger partial charge in [-0.15, -0.1) is 0 Å². The van der Waals surface area contributed by atoms with Crippen LogP contribution in [-0.2, 0) is 19.1 Å². The van der Waals surface area contributed by atoms with E-state index < -0.39 is 23.9 Å². The smallest absolute Gasteiger partial charge is 0.407 e. The van der Waals surface area contributed by atoms with Crippen molar-refractivity contribution in [1.82, 2.24) is 10.2 Å². The van der Waals surface area contributed by atoms with Gasteiger partial charge in [0.05, 0.1) is 19.6 Å². The van der Waals surface area contributed by atoms with Gasteiger partial charge >= 0.3 is 18.0 Å². The topological polar surface area (TPSA) is 105 Å². The predicted octanol–water partition coefficient (Wildman–Crippen LogP) is 2.33. The molecule has 8 nitrogen and oxygen atoms in total. The van der Waals surface area contributed by atoms with Gasteiger partial charge in [0, 0.05) is 31.5 Å². The van der Waals surface area contributed by atoms with Crippen LogP contribution in [0.2, 0.25) is 0 Å². The van der Waals surface area contributed by atoms with E-state index >= 15 is 0 Å². The van der Waals surface area contributed by atoms with E-state index in [-0.39, 0.29) is 38.1 Å². The molecular weight excluding hydrogens is 412 g/mol. The SMILES string of the molecule is COC(=O)[C@H]1CN(CC(=O)O)C[C@@H]1CNC(=O)OCC1c2ccccc2-c2ccccc21. The Labute approximate surface area is 186 Å². The summed E-state index contributed by atoms with van der Waals surface area (Å²) in [5.41, 5.74) is 4.57. The van der Waals surface area contributed by atoms with Gasteiger partial charge < -0.3 is 19.9 Å². The summed E-state index contributed by atoms with van der Waals surface area (Å²) in [7, 11) is 1.30. The maximum absolute atomic E-state index is 12.4. The van der Waals surface area contributed by atoms with Crippen LogP contribution in [-0.4, -0.2) is 67.9 Å². The number of nitrogens with one attached hydrogen (secondary N) is 1. The number of rotatable bonds is 7. The van der Waals surface area contributed by atoms with Gasteiger partial charge in [-0.05, 0) is 22.3 Å². The third kappa shape index (κ3) is 4.45. The second kappa shape index (κ2) is 9.40. The van der Waals surface area contributed by atoms with Gasteiger partial charge in [-0.3, -0.25) is 14.5 Å². The zero-order chi connectivity index (χ0) is 22.7. The lowest BCUT2D eigenvalue weighted by molar-refractivity contribution is -0.146.